The van der Waals surface area contributed by atoms with Gasteiger partial charge in [0.15, 0.2) is 0 Å². The molecule has 2 aliphatic rings. The van der Waals surface area contributed by atoms with E-state index in [1.165, 1.54) is 5.57 Å². The molecule has 0 amide bonds. The van der Waals surface area contributed by atoms with Crippen LogP contribution in [0, 0.1) is 11.3 Å². The minimum atomic E-state index is -0.781. The summed E-state index contributed by atoms with van der Waals surface area (Å²) >= 11 is 0. The molecule has 2 atom stereocenters. The molecule has 18 heavy (non-hydrogen) atoms. The third kappa shape index (κ3) is 2.01. The minimum Gasteiger partial charge on any atom is -0.488 e. The molecule has 2 unspecified atom stereocenters. The van der Waals surface area contributed by atoms with E-state index < -0.39 is 5.60 Å². The molecular formula is C16H26O2. The molecule has 0 aromatic rings. The van der Waals surface area contributed by atoms with Gasteiger partial charge in [-0.3, -0.25) is 0 Å². The summed E-state index contributed by atoms with van der Waals surface area (Å²) in [5.74, 6) is 1.10. The van der Waals surface area contributed by atoms with Crippen molar-refractivity contribution in [3.05, 3.63) is 23.5 Å². The zero-order valence-electron chi connectivity index (χ0n) is 12.5. The van der Waals surface area contributed by atoms with Crippen LogP contribution >= 0.6 is 0 Å². The first-order valence-electron chi connectivity index (χ1n) is 6.90. The van der Waals surface area contributed by atoms with Gasteiger partial charge >= 0.3 is 0 Å². The Morgan fingerprint density at radius 1 is 1.33 bits per heavy atom. The van der Waals surface area contributed by atoms with Crippen LogP contribution in [0.2, 0.25) is 0 Å². The zero-order valence-corrected chi connectivity index (χ0v) is 12.5. The molecule has 0 spiro atoms. The van der Waals surface area contributed by atoms with Gasteiger partial charge in [0.25, 0.3) is 0 Å². The lowest BCUT2D eigenvalue weighted by molar-refractivity contribution is -0.0605. The highest BCUT2D eigenvalue weighted by Crippen LogP contribution is 2.48. The number of allylic oxidation sites excluding steroid dienone is 1. The highest BCUT2D eigenvalue weighted by atomic mass is 16.5. The van der Waals surface area contributed by atoms with Gasteiger partial charge in [-0.1, -0.05) is 27.7 Å². The molecule has 2 heteroatoms. The summed E-state index contributed by atoms with van der Waals surface area (Å²) < 4.78 is 6.04. The lowest BCUT2D eigenvalue weighted by Crippen LogP contribution is -2.49. The van der Waals surface area contributed by atoms with Gasteiger partial charge < -0.3 is 9.84 Å². The summed E-state index contributed by atoms with van der Waals surface area (Å²) in [7, 11) is 0. The predicted molar refractivity (Wildman–Crippen MR) is 74.1 cm³/mol. The average molecular weight is 250 g/mol. The molecule has 2 rings (SSSR count). The van der Waals surface area contributed by atoms with Crippen molar-refractivity contribution in [2.75, 3.05) is 0 Å². The van der Waals surface area contributed by atoms with E-state index in [1.807, 2.05) is 12.2 Å². The van der Waals surface area contributed by atoms with Crippen molar-refractivity contribution in [3.8, 4) is 0 Å². The molecule has 0 fully saturated rings. The van der Waals surface area contributed by atoms with Crippen molar-refractivity contribution in [2.45, 2.75) is 65.6 Å². The van der Waals surface area contributed by atoms with E-state index >= 15 is 0 Å². The van der Waals surface area contributed by atoms with Gasteiger partial charge in [-0.25, -0.2) is 0 Å². The van der Waals surface area contributed by atoms with Crippen LogP contribution in [0.25, 0.3) is 0 Å². The van der Waals surface area contributed by atoms with Crippen molar-refractivity contribution >= 4 is 0 Å². The van der Waals surface area contributed by atoms with Gasteiger partial charge in [-0.05, 0) is 49.8 Å². The van der Waals surface area contributed by atoms with Gasteiger partial charge in [-0.15, -0.1) is 0 Å². The average Bonchev–Trinajstić information content (AvgIpc) is 2.21. The topological polar surface area (TPSA) is 29.5 Å². The van der Waals surface area contributed by atoms with E-state index in [4.69, 9.17) is 4.74 Å². The first-order valence-corrected chi connectivity index (χ1v) is 6.90. The lowest BCUT2D eigenvalue weighted by Gasteiger charge is -2.48. The quantitative estimate of drug-likeness (QED) is 0.708. The molecule has 1 heterocycles. The Morgan fingerprint density at radius 2 is 1.94 bits per heavy atom. The third-order valence-electron chi connectivity index (χ3n) is 4.57. The first kappa shape index (κ1) is 13.7. The summed E-state index contributed by atoms with van der Waals surface area (Å²) in [6.45, 7) is 12.6. The number of aliphatic hydroxyl groups is 1. The summed E-state index contributed by atoms with van der Waals surface area (Å²) in [6, 6.07) is 0. The van der Waals surface area contributed by atoms with Crippen molar-refractivity contribution < 1.29 is 9.84 Å². The Morgan fingerprint density at radius 3 is 2.50 bits per heavy atom. The van der Waals surface area contributed by atoms with E-state index in [2.05, 4.69) is 41.5 Å². The molecule has 1 aliphatic carbocycles. The maximum atomic E-state index is 11.0. The SMILES string of the molecule is CC1C2=C(C=CC1(O)C(C)(C)C)OC(C)(C)CC2. The fourth-order valence-electron chi connectivity index (χ4n) is 3.06. The fourth-order valence-corrected chi connectivity index (χ4v) is 3.06. The summed E-state index contributed by atoms with van der Waals surface area (Å²) in [5, 5.41) is 11.0. The maximum absolute atomic E-state index is 11.0. The fraction of sp³-hybridized carbons (Fsp3) is 0.750. The largest absolute Gasteiger partial charge is 0.488 e. The van der Waals surface area contributed by atoms with Gasteiger partial charge in [0, 0.05) is 5.92 Å². The Bertz CT molecular complexity index is 409. The number of hydrogen-bond donors (Lipinski definition) is 1. The molecule has 0 aromatic carbocycles. The van der Waals surface area contributed by atoms with Crippen molar-refractivity contribution in [2.24, 2.45) is 11.3 Å². The standard InChI is InChI=1S/C16H26O2/c1-11-12-7-9-15(5,6)18-13(12)8-10-16(11,17)14(2,3)4/h8,10-11,17H,7,9H2,1-6H3. The van der Waals surface area contributed by atoms with E-state index in [0.29, 0.717) is 0 Å². The molecule has 1 N–H and O–H groups in total. The number of rotatable bonds is 0. The van der Waals surface area contributed by atoms with Crippen molar-refractivity contribution in [1.82, 2.24) is 0 Å². The smallest absolute Gasteiger partial charge is 0.119 e. The molecule has 0 bridgehead atoms. The van der Waals surface area contributed by atoms with E-state index in [0.717, 1.165) is 18.6 Å². The second-order valence-corrected chi connectivity index (χ2v) is 7.38. The first-order chi connectivity index (χ1) is 8.07. The third-order valence-corrected chi connectivity index (χ3v) is 4.57. The van der Waals surface area contributed by atoms with Crippen LogP contribution in [-0.4, -0.2) is 16.3 Å². The monoisotopic (exact) mass is 250 g/mol. The van der Waals surface area contributed by atoms with E-state index in [1.54, 1.807) is 0 Å². The van der Waals surface area contributed by atoms with Crippen LogP contribution < -0.4 is 0 Å². The molecule has 1 aliphatic heterocycles. The Kier molecular flexibility index (Phi) is 2.93. The van der Waals surface area contributed by atoms with Crippen LogP contribution in [0.15, 0.2) is 23.5 Å². The molecule has 102 valence electrons. The lowest BCUT2D eigenvalue weighted by atomic mass is 9.64. The Hall–Kier alpha value is -0.760. The summed E-state index contributed by atoms with van der Waals surface area (Å²) in [4.78, 5) is 0. The van der Waals surface area contributed by atoms with Gasteiger partial charge in [0.2, 0.25) is 0 Å². The molecule has 0 radical (unpaired) electrons. The Balaban J connectivity index is 2.37. The number of hydrogen-bond acceptors (Lipinski definition) is 2. The normalized spacial score (nSPS) is 35.2. The molecule has 0 saturated heterocycles. The minimum absolute atomic E-state index is 0.0833. The predicted octanol–water partition coefficient (Wildman–Crippen LogP) is 3.81. The number of ether oxygens (including phenoxy) is 1. The highest BCUT2D eigenvalue weighted by Gasteiger charge is 2.47. The van der Waals surface area contributed by atoms with Crippen molar-refractivity contribution in [3.63, 3.8) is 0 Å². The molecule has 0 saturated carbocycles. The van der Waals surface area contributed by atoms with E-state index in [-0.39, 0.29) is 16.9 Å². The molecule has 2 nitrogen and oxygen atoms in total. The second kappa shape index (κ2) is 3.86. The Labute approximate surface area is 111 Å². The van der Waals surface area contributed by atoms with Crippen LogP contribution in [0.1, 0.15) is 54.4 Å². The summed E-state index contributed by atoms with van der Waals surface area (Å²) in [6.07, 6.45) is 5.94. The molecular weight excluding hydrogens is 224 g/mol. The maximum Gasteiger partial charge on any atom is 0.119 e. The second-order valence-electron chi connectivity index (χ2n) is 7.38. The van der Waals surface area contributed by atoms with Crippen LogP contribution in [0.4, 0.5) is 0 Å². The van der Waals surface area contributed by atoms with Crippen LogP contribution in [0.3, 0.4) is 0 Å². The van der Waals surface area contributed by atoms with Crippen LogP contribution in [-0.2, 0) is 4.74 Å². The van der Waals surface area contributed by atoms with Gasteiger partial charge in [0.1, 0.15) is 11.4 Å². The van der Waals surface area contributed by atoms with Gasteiger partial charge in [0.05, 0.1) is 5.60 Å². The van der Waals surface area contributed by atoms with E-state index in [9.17, 15) is 5.11 Å². The van der Waals surface area contributed by atoms with Crippen LogP contribution in [0.5, 0.6) is 0 Å². The zero-order chi connectivity index (χ0) is 13.8. The van der Waals surface area contributed by atoms with Gasteiger partial charge in [-0.2, -0.15) is 0 Å². The summed E-state index contributed by atoms with van der Waals surface area (Å²) in [5.41, 5.74) is 0.236. The van der Waals surface area contributed by atoms with Crippen molar-refractivity contribution in [1.29, 1.82) is 0 Å². The highest BCUT2D eigenvalue weighted by molar-refractivity contribution is 5.36. The molecule has 0 aromatic heterocycles.